The Balaban J connectivity index is 1.58. The number of carbonyl (C=O) groups is 4. The van der Waals surface area contributed by atoms with Gasteiger partial charge < -0.3 is 29.7 Å². The van der Waals surface area contributed by atoms with E-state index in [1.165, 1.54) is 4.90 Å². The largest absolute Gasteiger partial charge is 0.460 e. The molecule has 5 bridgehead atoms. The monoisotopic (exact) mass is 557 g/mol. The number of esters is 1. The Morgan fingerprint density at radius 1 is 1.13 bits per heavy atom. The number of ether oxygens (including phenoxy) is 2. The highest BCUT2D eigenvalue weighted by Gasteiger charge is 2.73. The molecule has 10 nitrogen and oxygen atoms in total. The quantitative estimate of drug-likeness (QED) is 0.425. The minimum Gasteiger partial charge on any atom is -0.460 e. The molecule has 0 aliphatic carbocycles. The van der Waals surface area contributed by atoms with E-state index in [4.69, 9.17) is 21.1 Å². The summed E-state index contributed by atoms with van der Waals surface area (Å²) in [6.07, 6.45) is 6.71. The van der Waals surface area contributed by atoms with Crippen LogP contribution in [0.25, 0.3) is 0 Å². The molecule has 2 saturated heterocycles. The molecule has 0 radical (unpaired) electrons. The van der Waals surface area contributed by atoms with E-state index in [0.717, 1.165) is 0 Å². The molecule has 0 saturated carbocycles. The molecular weight excluding hydrogens is 526 g/mol. The maximum atomic E-state index is 14.4. The van der Waals surface area contributed by atoms with Gasteiger partial charge in [0.05, 0.1) is 18.6 Å². The Kier molecular flexibility index (Phi) is 7.80. The van der Waals surface area contributed by atoms with Crippen molar-refractivity contribution in [2.75, 3.05) is 31.1 Å². The zero-order valence-corrected chi connectivity index (χ0v) is 22.4. The van der Waals surface area contributed by atoms with Crippen LogP contribution in [-0.2, 0) is 28.7 Å². The van der Waals surface area contributed by atoms with Crippen LogP contribution in [0.5, 0.6) is 0 Å². The summed E-state index contributed by atoms with van der Waals surface area (Å²) in [5.41, 5.74) is -0.780. The van der Waals surface area contributed by atoms with Gasteiger partial charge in [-0.25, -0.2) is 0 Å². The number of rotatable bonds is 4. The van der Waals surface area contributed by atoms with E-state index in [1.807, 2.05) is 12.2 Å². The average molecular weight is 558 g/mol. The number of amides is 3. The standard InChI is InChI=1S/C28H32ClN3O7/c1-17-16-30-21(34)6-3-2-4-13-31(19-9-7-18(29)8-10-19)26(36)24-28-12-11-20(39-28)22(27(37)38-17)23(28)25(35)32(24)14-5-15-33/h2,4,7-12,17,20,22-24,33H,3,5-6,13-16H2,1H3,(H,30,34)/b4-2-/t17-,20+,22-,23-,24+,28-/m0/s1. The molecule has 3 amide bonds. The first kappa shape index (κ1) is 27.4. The lowest BCUT2D eigenvalue weighted by atomic mass is 9.74. The summed E-state index contributed by atoms with van der Waals surface area (Å²) in [5.74, 6) is -3.45. The molecule has 1 aromatic carbocycles. The molecule has 2 fully saturated rings. The van der Waals surface area contributed by atoms with Crippen LogP contribution in [0.3, 0.4) is 0 Å². The number of nitrogens with one attached hydrogen (secondary N) is 1. The molecule has 2 N–H and O–H groups in total. The van der Waals surface area contributed by atoms with E-state index < -0.39 is 41.7 Å². The number of allylic oxidation sites excluding steroid dienone is 1. The van der Waals surface area contributed by atoms with Gasteiger partial charge in [0.1, 0.15) is 23.7 Å². The van der Waals surface area contributed by atoms with Crippen molar-refractivity contribution in [2.24, 2.45) is 11.8 Å². The molecule has 0 aromatic heterocycles. The molecule has 39 heavy (non-hydrogen) atoms. The van der Waals surface area contributed by atoms with Crippen LogP contribution < -0.4 is 10.2 Å². The minimum absolute atomic E-state index is 0.125. The van der Waals surface area contributed by atoms with Gasteiger partial charge in [0.15, 0.2) is 0 Å². The van der Waals surface area contributed by atoms with E-state index in [-0.39, 0.29) is 56.8 Å². The average Bonchev–Trinajstić information content (AvgIpc) is 3.55. The zero-order valence-electron chi connectivity index (χ0n) is 21.6. The summed E-state index contributed by atoms with van der Waals surface area (Å²) >= 11 is 6.10. The maximum Gasteiger partial charge on any atom is 0.313 e. The van der Waals surface area contributed by atoms with Gasteiger partial charge in [-0.2, -0.15) is 0 Å². The van der Waals surface area contributed by atoms with Gasteiger partial charge in [0.25, 0.3) is 5.91 Å². The maximum absolute atomic E-state index is 14.4. The Morgan fingerprint density at radius 3 is 2.64 bits per heavy atom. The molecule has 4 aliphatic heterocycles. The molecule has 4 aliphatic rings. The van der Waals surface area contributed by atoms with Gasteiger partial charge in [-0.05, 0) is 44.0 Å². The fraction of sp³-hybridized carbons (Fsp3) is 0.500. The molecule has 6 atom stereocenters. The van der Waals surface area contributed by atoms with Gasteiger partial charge >= 0.3 is 5.97 Å². The zero-order chi connectivity index (χ0) is 27.7. The van der Waals surface area contributed by atoms with Crippen LogP contribution in [-0.4, -0.2) is 83.8 Å². The second-order valence-corrected chi connectivity index (χ2v) is 10.7. The lowest BCUT2D eigenvalue weighted by molar-refractivity contribution is -0.158. The summed E-state index contributed by atoms with van der Waals surface area (Å²) < 4.78 is 12.0. The van der Waals surface area contributed by atoms with Crippen LogP contribution in [0.2, 0.25) is 5.02 Å². The fourth-order valence-corrected chi connectivity index (χ4v) is 6.09. The smallest absolute Gasteiger partial charge is 0.313 e. The lowest BCUT2D eigenvalue weighted by Crippen LogP contribution is -2.56. The molecular formula is C28H32ClN3O7. The number of likely N-dealkylation sites (tertiary alicyclic amines) is 1. The van der Waals surface area contributed by atoms with Crippen LogP contribution in [0.15, 0.2) is 48.6 Å². The van der Waals surface area contributed by atoms with Gasteiger partial charge in [-0.15, -0.1) is 0 Å². The van der Waals surface area contributed by atoms with Crippen molar-refractivity contribution in [1.82, 2.24) is 10.2 Å². The van der Waals surface area contributed by atoms with E-state index in [9.17, 15) is 24.3 Å². The predicted octanol–water partition coefficient (Wildman–Crippen LogP) is 1.60. The summed E-state index contributed by atoms with van der Waals surface area (Å²) in [6.45, 7) is 1.95. The van der Waals surface area contributed by atoms with Crippen molar-refractivity contribution < 1.29 is 33.8 Å². The number of benzene rings is 1. The number of halogens is 1. The molecule has 1 aromatic rings. The topological polar surface area (TPSA) is 125 Å². The SMILES string of the molecule is C[C@H]1CNC(=O)CC/C=C\CN(c2ccc(Cl)cc2)C(=O)[C@H]2N(CCCO)C(=O)[C@@H]3[C@@H](C(=O)O1)[C@H]1C=C[C@]32O1. The second-order valence-electron chi connectivity index (χ2n) is 10.3. The van der Waals surface area contributed by atoms with Gasteiger partial charge in [0, 0.05) is 36.8 Å². The third-order valence-electron chi connectivity index (χ3n) is 7.74. The first-order valence-corrected chi connectivity index (χ1v) is 13.6. The number of aliphatic hydroxyl groups is 1. The van der Waals surface area contributed by atoms with Crippen molar-refractivity contribution in [1.29, 1.82) is 0 Å². The number of carbonyl (C=O) groups excluding carboxylic acids is 4. The number of hydrogen-bond donors (Lipinski definition) is 2. The minimum atomic E-state index is -1.35. The van der Waals surface area contributed by atoms with E-state index >= 15 is 0 Å². The summed E-state index contributed by atoms with van der Waals surface area (Å²) in [7, 11) is 0. The van der Waals surface area contributed by atoms with Crippen molar-refractivity contribution in [3.63, 3.8) is 0 Å². The molecule has 4 heterocycles. The van der Waals surface area contributed by atoms with Crippen molar-refractivity contribution in [3.05, 3.63) is 53.6 Å². The van der Waals surface area contributed by atoms with Crippen molar-refractivity contribution >= 4 is 41.0 Å². The lowest BCUT2D eigenvalue weighted by Gasteiger charge is -2.36. The summed E-state index contributed by atoms with van der Waals surface area (Å²) in [5, 5.41) is 12.8. The van der Waals surface area contributed by atoms with E-state index in [0.29, 0.717) is 17.1 Å². The highest BCUT2D eigenvalue weighted by molar-refractivity contribution is 6.30. The van der Waals surface area contributed by atoms with Crippen LogP contribution >= 0.6 is 11.6 Å². The van der Waals surface area contributed by atoms with Gasteiger partial charge in [-0.3, -0.25) is 19.2 Å². The molecule has 11 heteroatoms. The Morgan fingerprint density at radius 2 is 1.90 bits per heavy atom. The van der Waals surface area contributed by atoms with E-state index in [2.05, 4.69) is 5.32 Å². The number of nitrogens with zero attached hydrogens (tertiary/aromatic N) is 2. The first-order chi connectivity index (χ1) is 18.8. The van der Waals surface area contributed by atoms with Crippen LogP contribution in [0, 0.1) is 11.8 Å². The Hall–Kier alpha value is -3.21. The molecule has 5 rings (SSSR count). The van der Waals surface area contributed by atoms with Crippen LogP contribution in [0.1, 0.15) is 26.2 Å². The van der Waals surface area contributed by atoms with Crippen molar-refractivity contribution in [3.8, 4) is 0 Å². The highest BCUT2D eigenvalue weighted by atomic mass is 35.5. The molecule has 1 spiro atoms. The molecule has 0 unspecified atom stereocenters. The third-order valence-corrected chi connectivity index (χ3v) is 7.99. The second kappa shape index (κ2) is 11.1. The number of aliphatic hydroxyl groups excluding tert-OH is 1. The predicted molar refractivity (Wildman–Crippen MR) is 142 cm³/mol. The number of anilines is 1. The molecule has 208 valence electrons. The Bertz CT molecular complexity index is 1200. The summed E-state index contributed by atoms with van der Waals surface area (Å²) in [6, 6.07) is 5.74. The summed E-state index contributed by atoms with van der Waals surface area (Å²) in [4.78, 5) is 56.9. The first-order valence-electron chi connectivity index (χ1n) is 13.2. The number of hydrogen-bond acceptors (Lipinski definition) is 7. The third kappa shape index (κ3) is 4.97. The Labute approximate surface area is 231 Å². The number of fused-ring (bicyclic) bond motifs is 2. The van der Waals surface area contributed by atoms with Crippen LogP contribution in [0.4, 0.5) is 5.69 Å². The van der Waals surface area contributed by atoms with Gasteiger partial charge in [-0.1, -0.05) is 35.9 Å². The number of cyclic esters (lactones) is 1. The van der Waals surface area contributed by atoms with Crippen molar-refractivity contribution in [2.45, 2.75) is 50.0 Å². The normalized spacial score (nSPS) is 33.8. The van der Waals surface area contributed by atoms with Gasteiger partial charge in [0.2, 0.25) is 11.8 Å². The van der Waals surface area contributed by atoms with E-state index in [1.54, 1.807) is 48.2 Å². The fourth-order valence-electron chi connectivity index (χ4n) is 5.97. The highest BCUT2D eigenvalue weighted by Crippen LogP contribution is 2.55.